The van der Waals surface area contributed by atoms with Crippen molar-refractivity contribution >= 4 is 72.8 Å². The summed E-state index contributed by atoms with van der Waals surface area (Å²) in [7, 11) is -8.40. The van der Waals surface area contributed by atoms with Crippen LogP contribution in [-0.2, 0) is 27.6 Å². The number of anilines is 2. The van der Waals surface area contributed by atoms with Gasteiger partial charge in [-0.15, -0.1) is 0 Å². The number of imidazole rings is 1. The van der Waals surface area contributed by atoms with Gasteiger partial charge in [0.05, 0.1) is 36.2 Å². The van der Waals surface area contributed by atoms with E-state index in [1.54, 1.807) is 6.07 Å². The molecule has 24 heteroatoms. The predicted octanol–water partition coefficient (Wildman–Crippen LogP) is 1.22. The summed E-state index contributed by atoms with van der Waals surface area (Å²) in [6.07, 6.45) is -8.88. The van der Waals surface area contributed by atoms with Crippen molar-refractivity contribution in [1.29, 1.82) is 0 Å². The van der Waals surface area contributed by atoms with Crippen molar-refractivity contribution in [2.24, 2.45) is 0 Å². The fraction of sp³-hybridized carbons (Fsp3) is 0.476. The van der Waals surface area contributed by atoms with E-state index >= 15 is 8.78 Å². The number of aromatic nitrogens is 7. The fourth-order valence-corrected chi connectivity index (χ4v) is 8.35. The van der Waals surface area contributed by atoms with Crippen LogP contribution in [0.15, 0.2) is 29.7 Å². The minimum absolute atomic E-state index is 0.0694. The Labute approximate surface area is 261 Å². The van der Waals surface area contributed by atoms with E-state index in [4.69, 9.17) is 39.0 Å². The van der Waals surface area contributed by atoms with Gasteiger partial charge in [-0.1, -0.05) is 0 Å². The van der Waals surface area contributed by atoms with E-state index in [-0.39, 0.29) is 28.6 Å². The zero-order chi connectivity index (χ0) is 31.8. The first kappa shape index (κ1) is 31.3. The molecule has 7 N–H and O–H groups in total. The quantitative estimate of drug-likeness (QED) is 0.114. The van der Waals surface area contributed by atoms with Crippen LogP contribution in [0.25, 0.3) is 22.2 Å². The maximum absolute atomic E-state index is 16.0. The SMILES string of the molecule is Nc1nc2c(ncn2[C@@H]2O[C@@H]3CO[P+](O)(S)O[C@H]4[C@H](F)[C@H](n5ccc6c(N)ncnc65)O[C@@H]4CO[P+](O)(S)O[C@@H]2[C@@H]3F)c(=O)[nH]1. The summed E-state index contributed by atoms with van der Waals surface area (Å²) < 4.78 is 68.5. The number of hydrogen-bond acceptors (Lipinski definition) is 17. The highest BCUT2D eigenvalue weighted by Crippen LogP contribution is 2.67. The number of halogens is 2. The molecule has 7 heterocycles. The van der Waals surface area contributed by atoms with Gasteiger partial charge in [0.1, 0.15) is 43.2 Å². The Balaban J connectivity index is 1.20. The van der Waals surface area contributed by atoms with E-state index in [9.17, 15) is 14.6 Å². The maximum atomic E-state index is 16.0. The number of nitrogens with zero attached hydrogens (tertiary/aromatic N) is 6. The third-order valence-corrected chi connectivity index (χ3v) is 10.7. The number of aromatic amines is 1. The van der Waals surface area contributed by atoms with Gasteiger partial charge in [-0.3, -0.25) is 14.3 Å². The molecule has 2 bridgehead atoms. The summed E-state index contributed by atoms with van der Waals surface area (Å²) in [6, 6.07) is 1.58. The van der Waals surface area contributed by atoms with Crippen LogP contribution >= 0.6 is 38.8 Å². The van der Waals surface area contributed by atoms with Crippen LogP contribution in [-0.4, -0.2) is 93.8 Å². The molecule has 2 unspecified atom stereocenters. The second-order valence-electron chi connectivity index (χ2n) is 10.2. The Bertz CT molecular complexity index is 1820. The smallest absolute Gasteiger partial charge is 0.383 e. The summed E-state index contributed by atoms with van der Waals surface area (Å²) >= 11 is 8.21. The Morgan fingerprint density at radius 1 is 0.933 bits per heavy atom. The molecular weight excluding hydrogens is 686 g/mol. The molecule has 0 aliphatic carbocycles. The second-order valence-corrected chi connectivity index (χ2v) is 16.2. The number of thiol groups is 2. The third-order valence-electron chi connectivity index (χ3n) is 7.40. The number of H-pyrrole nitrogens is 1. The lowest BCUT2D eigenvalue weighted by Crippen LogP contribution is -2.34. The van der Waals surface area contributed by atoms with Crippen molar-refractivity contribution in [1.82, 2.24) is 34.1 Å². The first-order valence-electron chi connectivity index (χ1n) is 13.1. The molecule has 45 heavy (non-hydrogen) atoms. The van der Waals surface area contributed by atoms with Gasteiger partial charge in [0, 0.05) is 6.20 Å². The average molecular weight is 712 g/mol. The Kier molecular flexibility index (Phi) is 7.94. The standard InChI is InChI=1S/C21H24F2N9O9P2S2/c22-10-8-3-36-42(34,44)40-13-9(39-19(11(13)23)31-2-1-7-15(24)26-5-27-16(7)31)4-37-43(35,45)41-14(10)20(38-8)32-6-28-12-17(32)29-21(25)30-18(12)33/h1-2,5-6,8-11,13-14,19-20,34-35,44-45H,3-4H2,(H4-,24,25,26,27,29,30,33)/q+1/p+1/t8-,9-,10-,11+,13-,14-,19-,20-,42?,43?/m1/s1. The minimum Gasteiger partial charge on any atom is -0.383 e. The van der Waals surface area contributed by atoms with E-state index < -0.39 is 82.3 Å². The average Bonchev–Trinajstić information content (AvgIpc) is 3.72. The van der Waals surface area contributed by atoms with Crippen LogP contribution in [0.1, 0.15) is 12.5 Å². The molecule has 18 nitrogen and oxygen atoms in total. The number of fused-ring (bicyclic) bond motifs is 5. The van der Waals surface area contributed by atoms with Crippen molar-refractivity contribution in [3.8, 4) is 0 Å². The summed E-state index contributed by atoms with van der Waals surface area (Å²) in [4.78, 5) is 52.8. The highest BCUT2D eigenvalue weighted by atomic mass is 32.7. The lowest BCUT2D eigenvalue weighted by atomic mass is 10.1. The minimum atomic E-state index is -4.22. The van der Waals surface area contributed by atoms with E-state index in [1.165, 1.54) is 21.7 Å². The number of nitrogens with one attached hydrogen (secondary N) is 1. The molecule has 0 aromatic carbocycles. The molecule has 4 aromatic heterocycles. The predicted molar refractivity (Wildman–Crippen MR) is 160 cm³/mol. The van der Waals surface area contributed by atoms with Gasteiger partial charge < -0.3 is 25.5 Å². The molecule has 242 valence electrons. The highest BCUT2D eigenvalue weighted by Gasteiger charge is 2.60. The van der Waals surface area contributed by atoms with Gasteiger partial charge in [-0.05, 0) is 6.07 Å². The Morgan fingerprint density at radius 2 is 1.62 bits per heavy atom. The third kappa shape index (κ3) is 5.66. The molecule has 3 fully saturated rings. The van der Waals surface area contributed by atoms with E-state index in [1.807, 2.05) is 0 Å². The Hall–Kier alpha value is -2.33. The van der Waals surface area contributed by atoms with Crippen molar-refractivity contribution in [2.45, 2.75) is 49.2 Å². The van der Waals surface area contributed by atoms with E-state index in [2.05, 4.69) is 49.4 Å². The van der Waals surface area contributed by atoms with Gasteiger partial charge in [-0.2, -0.15) is 32.9 Å². The normalized spacial score (nSPS) is 37.7. The number of nitrogen functional groups attached to an aromatic ring is 2. The zero-order valence-corrected chi connectivity index (χ0v) is 26.1. The molecule has 10 atom stereocenters. The van der Waals surface area contributed by atoms with Crippen LogP contribution in [0.3, 0.4) is 0 Å². The number of rotatable bonds is 2. The number of ether oxygens (including phenoxy) is 2. The molecule has 4 aromatic rings. The topological polar surface area (TPSA) is 242 Å². The molecule has 7 rings (SSSR count). The highest BCUT2D eigenvalue weighted by molar-refractivity contribution is 8.47. The number of hydrogen-bond donors (Lipinski definition) is 7. The number of alkyl halides is 2. The van der Waals surface area contributed by atoms with Gasteiger partial charge in [-0.25, -0.2) is 23.7 Å². The summed E-state index contributed by atoms with van der Waals surface area (Å²) in [5.74, 6) is -0.0805. The van der Waals surface area contributed by atoms with Crippen molar-refractivity contribution in [2.75, 3.05) is 24.7 Å². The molecular formula is C21H25F2N9O9P2S2+2. The van der Waals surface area contributed by atoms with E-state index in [0.717, 1.165) is 6.33 Å². The van der Waals surface area contributed by atoms with Crippen molar-refractivity contribution < 1.29 is 46.1 Å². The zero-order valence-electron chi connectivity index (χ0n) is 22.5. The molecule has 0 radical (unpaired) electrons. The first-order valence-corrected chi connectivity index (χ1v) is 18.5. The molecule has 3 aliphatic heterocycles. The molecule has 3 aliphatic rings. The summed E-state index contributed by atoms with van der Waals surface area (Å²) in [5, 5.41) is 0.442. The summed E-state index contributed by atoms with van der Waals surface area (Å²) in [6.45, 7) is -1.25. The van der Waals surface area contributed by atoms with Gasteiger partial charge in [0.15, 0.2) is 48.2 Å². The molecule has 3 saturated heterocycles. The fourth-order valence-electron chi connectivity index (χ4n) is 5.39. The van der Waals surface area contributed by atoms with Crippen molar-refractivity contribution in [3.05, 3.63) is 35.3 Å². The van der Waals surface area contributed by atoms with Gasteiger partial charge in [0.2, 0.25) is 5.95 Å². The number of nitrogens with two attached hydrogens (primary N) is 2. The monoisotopic (exact) mass is 711 g/mol. The lowest BCUT2D eigenvalue weighted by Gasteiger charge is -2.23. The van der Waals surface area contributed by atoms with Crippen LogP contribution in [0.4, 0.5) is 20.5 Å². The Morgan fingerprint density at radius 3 is 2.38 bits per heavy atom. The first-order chi connectivity index (χ1) is 21.3. The van der Waals surface area contributed by atoms with Crippen molar-refractivity contribution in [3.63, 3.8) is 0 Å². The van der Waals surface area contributed by atoms with E-state index in [0.29, 0.717) is 5.39 Å². The lowest BCUT2D eigenvalue weighted by molar-refractivity contribution is -0.0605. The molecule has 0 spiro atoms. The molecule has 0 saturated carbocycles. The summed E-state index contributed by atoms with van der Waals surface area (Å²) in [5.41, 5.74) is 11.0. The van der Waals surface area contributed by atoms with Crippen LogP contribution in [0.2, 0.25) is 0 Å². The van der Waals surface area contributed by atoms with Gasteiger partial charge >= 0.3 is 14.3 Å². The largest absolute Gasteiger partial charge is 0.476 e. The van der Waals surface area contributed by atoms with Crippen LogP contribution in [0, 0.1) is 0 Å². The second kappa shape index (κ2) is 11.4. The van der Waals surface area contributed by atoms with Gasteiger partial charge in [0.25, 0.3) is 5.56 Å². The van der Waals surface area contributed by atoms with Crippen LogP contribution in [0.5, 0.6) is 0 Å². The maximum Gasteiger partial charge on any atom is 0.476 e. The van der Waals surface area contributed by atoms with Crippen LogP contribution < -0.4 is 17.0 Å². The molecule has 0 amide bonds.